The van der Waals surface area contributed by atoms with Gasteiger partial charge in [0.25, 0.3) is 0 Å². The fourth-order valence-electron chi connectivity index (χ4n) is 3.00. The standard InChI is InChI=1S/C16H27NO2/c1-13-6-7-16(14(2)11-13)17-8-4-9-18-12-15-5-3-10-19-15/h3,5,10,13-14,16-17H,4,6-9,11-12H2,1-2H3. The highest BCUT2D eigenvalue weighted by molar-refractivity contribution is 4.95. The molecule has 0 saturated heterocycles. The van der Waals surface area contributed by atoms with Crippen molar-refractivity contribution in [2.24, 2.45) is 11.8 Å². The van der Waals surface area contributed by atoms with Gasteiger partial charge in [-0.25, -0.2) is 0 Å². The first-order chi connectivity index (χ1) is 9.25. The van der Waals surface area contributed by atoms with E-state index in [0.29, 0.717) is 12.6 Å². The molecule has 0 aromatic carbocycles. The normalized spacial score (nSPS) is 27.6. The maximum absolute atomic E-state index is 5.58. The number of nitrogens with one attached hydrogen (secondary N) is 1. The maximum Gasteiger partial charge on any atom is 0.129 e. The van der Waals surface area contributed by atoms with Crippen LogP contribution in [0.2, 0.25) is 0 Å². The summed E-state index contributed by atoms with van der Waals surface area (Å²) in [6.45, 7) is 7.19. The van der Waals surface area contributed by atoms with Crippen LogP contribution in [0, 0.1) is 11.8 Å². The molecule has 0 amide bonds. The Morgan fingerprint density at radius 1 is 1.37 bits per heavy atom. The van der Waals surface area contributed by atoms with E-state index in [0.717, 1.165) is 37.2 Å². The summed E-state index contributed by atoms with van der Waals surface area (Å²) < 4.78 is 10.8. The zero-order chi connectivity index (χ0) is 13.5. The zero-order valence-electron chi connectivity index (χ0n) is 12.2. The Bertz CT molecular complexity index is 337. The lowest BCUT2D eigenvalue weighted by Crippen LogP contribution is -2.39. The second kappa shape index (κ2) is 7.71. The molecule has 1 aliphatic carbocycles. The molecular formula is C16H27NO2. The quantitative estimate of drug-likeness (QED) is 0.765. The molecule has 3 heteroatoms. The van der Waals surface area contributed by atoms with Crippen LogP contribution in [0.15, 0.2) is 22.8 Å². The summed E-state index contributed by atoms with van der Waals surface area (Å²) in [5, 5.41) is 3.68. The van der Waals surface area contributed by atoms with Crippen molar-refractivity contribution in [2.45, 2.75) is 52.2 Å². The van der Waals surface area contributed by atoms with Gasteiger partial charge in [0, 0.05) is 12.6 Å². The minimum absolute atomic E-state index is 0.588. The highest BCUT2D eigenvalue weighted by atomic mass is 16.5. The van der Waals surface area contributed by atoms with Crippen molar-refractivity contribution < 1.29 is 9.15 Å². The van der Waals surface area contributed by atoms with E-state index in [1.807, 2.05) is 12.1 Å². The predicted octanol–water partition coefficient (Wildman–Crippen LogP) is 3.60. The number of hydrogen-bond donors (Lipinski definition) is 1. The summed E-state index contributed by atoms with van der Waals surface area (Å²) in [5.74, 6) is 2.63. The van der Waals surface area contributed by atoms with Gasteiger partial charge in [-0.05, 0) is 56.2 Å². The molecule has 1 fully saturated rings. The lowest BCUT2D eigenvalue weighted by atomic mass is 9.80. The summed E-state index contributed by atoms with van der Waals surface area (Å²) in [6, 6.07) is 4.55. The van der Waals surface area contributed by atoms with Crippen LogP contribution in [-0.4, -0.2) is 19.2 Å². The van der Waals surface area contributed by atoms with Crippen molar-refractivity contribution in [1.29, 1.82) is 0 Å². The van der Waals surface area contributed by atoms with Crippen LogP contribution in [0.25, 0.3) is 0 Å². The topological polar surface area (TPSA) is 34.4 Å². The number of ether oxygens (including phenoxy) is 1. The van der Waals surface area contributed by atoms with E-state index in [-0.39, 0.29) is 0 Å². The molecule has 1 aliphatic rings. The first-order valence-corrected chi connectivity index (χ1v) is 7.59. The van der Waals surface area contributed by atoms with Gasteiger partial charge in [0.15, 0.2) is 0 Å². The third-order valence-electron chi connectivity index (χ3n) is 4.13. The molecular weight excluding hydrogens is 238 g/mol. The molecule has 0 spiro atoms. The highest BCUT2D eigenvalue weighted by Gasteiger charge is 2.24. The zero-order valence-corrected chi connectivity index (χ0v) is 12.2. The van der Waals surface area contributed by atoms with E-state index in [2.05, 4.69) is 19.2 Å². The Morgan fingerprint density at radius 2 is 2.26 bits per heavy atom. The Kier molecular flexibility index (Phi) is 5.93. The van der Waals surface area contributed by atoms with Gasteiger partial charge in [-0.2, -0.15) is 0 Å². The van der Waals surface area contributed by atoms with Crippen molar-refractivity contribution in [3.63, 3.8) is 0 Å². The van der Waals surface area contributed by atoms with Gasteiger partial charge in [0.2, 0.25) is 0 Å². The lowest BCUT2D eigenvalue weighted by Gasteiger charge is -2.33. The van der Waals surface area contributed by atoms with Gasteiger partial charge in [-0.15, -0.1) is 0 Å². The van der Waals surface area contributed by atoms with Crippen molar-refractivity contribution in [3.8, 4) is 0 Å². The van der Waals surface area contributed by atoms with Gasteiger partial charge in [-0.3, -0.25) is 0 Å². The van der Waals surface area contributed by atoms with Crippen LogP contribution < -0.4 is 5.32 Å². The third-order valence-corrected chi connectivity index (χ3v) is 4.13. The number of hydrogen-bond acceptors (Lipinski definition) is 3. The fraction of sp³-hybridized carbons (Fsp3) is 0.750. The van der Waals surface area contributed by atoms with E-state index < -0.39 is 0 Å². The van der Waals surface area contributed by atoms with E-state index in [1.54, 1.807) is 6.26 Å². The van der Waals surface area contributed by atoms with Crippen LogP contribution in [0.3, 0.4) is 0 Å². The minimum atomic E-state index is 0.588. The molecule has 2 rings (SSSR count). The molecule has 19 heavy (non-hydrogen) atoms. The minimum Gasteiger partial charge on any atom is -0.467 e. The summed E-state index contributed by atoms with van der Waals surface area (Å²) in [7, 11) is 0. The molecule has 1 N–H and O–H groups in total. The Hall–Kier alpha value is -0.800. The summed E-state index contributed by atoms with van der Waals surface area (Å²) in [5.41, 5.74) is 0. The van der Waals surface area contributed by atoms with E-state index in [1.165, 1.54) is 19.3 Å². The monoisotopic (exact) mass is 265 g/mol. The average molecular weight is 265 g/mol. The summed E-state index contributed by atoms with van der Waals surface area (Å²) in [6.07, 6.45) is 6.82. The third kappa shape index (κ3) is 5.00. The molecule has 1 heterocycles. The van der Waals surface area contributed by atoms with Gasteiger partial charge in [0.1, 0.15) is 12.4 Å². The van der Waals surface area contributed by atoms with Gasteiger partial charge < -0.3 is 14.5 Å². The molecule has 1 saturated carbocycles. The predicted molar refractivity (Wildman–Crippen MR) is 77.0 cm³/mol. The van der Waals surface area contributed by atoms with E-state index in [4.69, 9.17) is 9.15 Å². The largest absolute Gasteiger partial charge is 0.467 e. The first-order valence-electron chi connectivity index (χ1n) is 7.59. The Labute approximate surface area is 116 Å². The smallest absolute Gasteiger partial charge is 0.129 e. The molecule has 3 unspecified atom stereocenters. The lowest BCUT2D eigenvalue weighted by molar-refractivity contribution is 0.102. The second-order valence-electron chi connectivity index (χ2n) is 5.94. The molecule has 3 atom stereocenters. The molecule has 0 aliphatic heterocycles. The Balaban J connectivity index is 1.50. The fourth-order valence-corrected chi connectivity index (χ4v) is 3.00. The molecule has 108 valence electrons. The van der Waals surface area contributed by atoms with Crippen molar-refractivity contribution in [2.75, 3.05) is 13.2 Å². The van der Waals surface area contributed by atoms with Crippen LogP contribution in [0.4, 0.5) is 0 Å². The maximum atomic E-state index is 5.58. The van der Waals surface area contributed by atoms with Crippen LogP contribution in [0.5, 0.6) is 0 Å². The first kappa shape index (κ1) is 14.6. The number of furan rings is 1. The van der Waals surface area contributed by atoms with Crippen molar-refractivity contribution in [3.05, 3.63) is 24.2 Å². The van der Waals surface area contributed by atoms with Crippen LogP contribution in [-0.2, 0) is 11.3 Å². The van der Waals surface area contributed by atoms with Gasteiger partial charge in [0.05, 0.1) is 6.26 Å². The summed E-state index contributed by atoms with van der Waals surface area (Å²) >= 11 is 0. The van der Waals surface area contributed by atoms with Crippen molar-refractivity contribution >= 4 is 0 Å². The van der Waals surface area contributed by atoms with Crippen LogP contribution >= 0.6 is 0 Å². The molecule has 3 nitrogen and oxygen atoms in total. The van der Waals surface area contributed by atoms with Gasteiger partial charge >= 0.3 is 0 Å². The molecule has 1 aromatic heterocycles. The van der Waals surface area contributed by atoms with Crippen molar-refractivity contribution in [1.82, 2.24) is 5.32 Å². The second-order valence-corrected chi connectivity index (χ2v) is 5.94. The van der Waals surface area contributed by atoms with Crippen LogP contribution in [0.1, 0.15) is 45.3 Å². The highest BCUT2D eigenvalue weighted by Crippen LogP contribution is 2.28. The van der Waals surface area contributed by atoms with Gasteiger partial charge in [-0.1, -0.05) is 13.8 Å². The SMILES string of the molecule is CC1CCC(NCCCOCc2ccco2)C(C)C1. The molecule has 0 radical (unpaired) electrons. The van der Waals surface area contributed by atoms with E-state index >= 15 is 0 Å². The molecule has 1 aromatic rings. The number of rotatable bonds is 7. The summed E-state index contributed by atoms with van der Waals surface area (Å²) in [4.78, 5) is 0. The average Bonchev–Trinajstić information content (AvgIpc) is 2.89. The molecule has 0 bridgehead atoms. The Morgan fingerprint density at radius 3 is 3.00 bits per heavy atom. The van der Waals surface area contributed by atoms with E-state index in [9.17, 15) is 0 Å².